The van der Waals surface area contributed by atoms with Crippen LogP contribution in [-0.4, -0.2) is 23.3 Å². The second-order valence-corrected chi connectivity index (χ2v) is 6.26. The van der Waals surface area contributed by atoms with Crippen molar-refractivity contribution in [1.29, 1.82) is 0 Å². The number of hydrogen-bond donors (Lipinski definition) is 3. The standard InChI is InChI=1S/C17H22N4O2S.ClH/c1-2-3-8-19-16(22)13-6-4-12(5-7-13)10-20-17(23)14-11-24-15(9-18)21-14;/h4-7,11H,2-3,8-10,18H2,1H3,(H,19,22)(H,20,23);1H. The maximum atomic E-state index is 12.0. The van der Waals surface area contributed by atoms with Gasteiger partial charge in [0.1, 0.15) is 10.7 Å². The van der Waals surface area contributed by atoms with Gasteiger partial charge in [-0.25, -0.2) is 4.98 Å². The number of nitrogens with zero attached hydrogens (tertiary/aromatic N) is 1. The maximum absolute atomic E-state index is 12.0. The second kappa shape index (κ2) is 10.8. The van der Waals surface area contributed by atoms with E-state index < -0.39 is 0 Å². The summed E-state index contributed by atoms with van der Waals surface area (Å²) < 4.78 is 0. The Morgan fingerprint density at radius 2 is 1.88 bits per heavy atom. The van der Waals surface area contributed by atoms with Crippen LogP contribution in [0.25, 0.3) is 0 Å². The highest BCUT2D eigenvalue weighted by molar-refractivity contribution is 7.09. The first-order valence-corrected chi connectivity index (χ1v) is 8.81. The number of carbonyl (C=O) groups excluding carboxylic acids is 2. The van der Waals surface area contributed by atoms with Crippen LogP contribution in [0.4, 0.5) is 0 Å². The molecule has 0 atom stereocenters. The van der Waals surface area contributed by atoms with Gasteiger partial charge in [0.15, 0.2) is 0 Å². The average molecular weight is 383 g/mol. The zero-order valence-electron chi connectivity index (χ0n) is 14.1. The van der Waals surface area contributed by atoms with Gasteiger partial charge in [-0.2, -0.15) is 0 Å². The van der Waals surface area contributed by atoms with Crippen molar-refractivity contribution in [3.8, 4) is 0 Å². The summed E-state index contributed by atoms with van der Waals surface area (Å²) in [6.07, 6.45) is 2.02. The molecule has 6 nitrogen and oxygen atoms in total. The Morgan fingerprint density at radius 3 is 2.48 bits per heavy atom. The summed E-state index contributed by atoms with van der Waals surface area (Å²) >= 11 is 1.37. The Bertz CT molecular complexity index is 688. The highest BCUT2D eigenvalue weighted by atomic mass is 35.5. The third-order valence-electron chi connectivity index (χ3n) is 3.44. The monoisotopic (exact) mass is 382 g/mol. The molecule has 0 fully saturated rings. The number of halogens is 1. The lowest BCUT2D eigenvalue weighted by Crippen LogP contribution is -2.25. The molecule has 0 aliphatic heterocycles. The third kappa shape index (κ3) is 6.45. The molecule has 0 bridgehead atoms. The first-order chi connectivity index (χ1) is 11.6. The van der Waals surface area contributed by atoms with Gasteiger partial charge in [0.25, 0.3) is 11.8 Å². The minimum atomic E-state index is -0.229. The smallest absolute Gasteiger partial charge is 0.271 e. The molecular weight excluding hydrogens is 360 g/mol. The lowest BCUT2D eigenvalue weighted by molar-refractivity contribution is 0.0940. The van der Waals surface area contributed by atoms with Gasteiger partial charge in [0, 0.05) is 30.6 Å². The normalized spacial score (nSPS) is 10.0. The van der Waals surface area contributed by atoms with Gasteiger partial charge in [-0.3, -0.25) is 9.59 Å². The van der Waals surface area contributed by atoms with Crippen LogP contribution in [0, 0.1) is 0 Å². The van der Waals surface area contributed by atoms with E-state index in [1.807, 2.05) is 12.1 Å². The largest absolute Gasteiger partial charge is 0.352 e. The molecular formula is C17H23ClN4O2S. The number of nitrogens with two attached hydrogens (primary N) is 1. The molecule has 0 radical (unpaired) electrons. The number of benzene rings is 1. The van der Waals surface area contributed by atoms with Crippen LogP contribution < -0.4 is 16.4 Å². The Kier molecular flexibility index (Phi) is 9.12. The summed E-state index contributed by atoms with van der Waals surface area (Å²) in [5, 5.41) is 8.11. The van der Waals surface area contributed by atoms with Crippen molar-refractivity contribution in [2.75, 3.05) is 6.54 Å². The van der Waals surface area contributed by atoms with Crippen LogP contribution in [0.15, 0.2) is 29.6 Å². The molecule has 0 aliphatic carbocycles. The van der Waals surface area contributed by atoms with Gasteiger partial charge < -0.3 is 16.4 Å². The molecule has 2 amide bonds. The number of aromatic nitrogens is 1. The van der Waals surface area contributed by atoms with Crippen molar-refractivity contribution >= 4 is 35.6 Å². The summed E-state index contributed by atoms with van der Waals surface area (Å²) in [5.41, 5.74) is 7.41. The molecule has 4 N–H and O–H groups in total. The van der Waals surface area contributed by atoms with Crippen molar-refractivity contribution < 1.29 is 9.59 Å². The van der Waals surface area contributed by atoms with Crippen LogP contribution in [0.5, 0.6) is 0 Å². The average Bonchev–Trinajstić information content (AvgIpc) is 3.09. The van der Waals surface area contributed by atoms with Gasteiger partial charge in [-0.05, 0) is 24.1 Å². The fourth-order valence-electron chi connectivity index (χ4n) is 2.04. The number of thiazole rings is 1. The molecule has 136 valence electrons. The first kappa shape index (κ1) is 21.1. The van der Waals surface area contributed by atoms with Gasteiger partial charge >= 0.3 is 0 Å². The topological polar surface area (TPSA) is 97.1 Å². The Hall–Kier alpha value is -1.96. The number of rotatable bonds is 8. The summed E-state index contributed by atoms with van der Waals surface area (Å²) in [5.74, 6) is -0.303. The number of carbonyl (C=O) groups is 2. The zero-order valence-corrected chi connectivity index (χ0v) is 15.7. The molecule has 8 heteroatoms. The number of nitrogens with one attached hydrogen (secondary N) is 2. The Balaban J connectivity index is 0.00000312. The SMILES string of the molecule is CCCCNC(=O)c1ccc(CNC(=O)c2csc(CN)n2)cc1.Cl. The number of hydrogen-bond acceptors (Lipinski definition) is 5. The molecule has 0 saturated carbocycles. The van der Waals surface area contributed by atoms with E-state index in [9.17, 15) is 9.59 Å². The minimum absolute atomic E-state index is 0. The third-order valence-corrected chi connectivity index (χ3v) is 4.32. The molecule has 2 aromatic rings. The maximum Gasteiger partial charge on any atom is 0.271 e. The van der Waals surface area contributed by atoms with Crippen LogP contribution in [0.1, 0.15) is 51.2 Å². The van der Waals surface area contributed by atoms with E-state index in [2.05, 4.69) is 22.5 Å². The van der Waals surface area contributed by atoms with E-state index in [-0.39, 0.29) is 24.2 Å². The number of unbranched alkanes of at least 4 members (excludes halogenated alkanes) is 1. The van der Waals surface area contributed by atoms with Crippen molar-refractivity contribution in [1.82, 2.24) is 15.6 Å². The van der Waals surface area contributed by atoms with Crippen molar-refractivity contribution in [2.24, 2.45) is 5.73 Å². The lowest BCUT2D eigenvalue weighted by Gasteiger charge is -2.06. The molecule has 0 unspecified atom stereocenters. The quantitative estimate of drug-likeness (QED) is 0.611. The van der Waals surface area contributed by atoms with Crippen molar-refractivity contribution in [3.63, 3.8) is 0 Å². The van der Waals surface area contributed by atoms with Gasteiger partial charge in [0.2, 0.25) is 0 Å². The van der Waals surface area contributed by atoms with E-state index in [0.29, 0.717) is 30.9 Å². The molecule has 0 aliphatic rings. The summed E-state index contributed by atoms with van der Waals surface area (Å²) in [6, 6.07) is 7.19. The predicted molar refractivity (Wildman–Crippen MR) is 102 cm³/mol. The summed E-state index contributed by atoms with van der Waals surface area (Å²) in [6.45, 7) is 3.48. The second-order valence-electron chi connectivity index (χ2n) is 5.32. The van der Waals surface area contributed by atoms with Crippen molar-refractivity contribution in [2.45, 2.75) is 32.9 Å². The van der Waals surface area contributed by atoms with E-state index in [1.165, 1.54) is 11.3 Å². The van der Waals surface area contributed by atoms with Crippen LogP contribution in [0.2, 0.25) is 0 Å². The fraction of sp³-hybridized carbons (Fsp3) is 0.353. The highest BCUT2D eigenvalue weighted by Gasteiger charge is 2.10. The number of amides is 2. The lowest BCUT2D eigenvalue weighted by atomic mass is 10.1. The molecule has 1 heterocycles. The molecule has 0 saturated heterocycles. The van der Waals surface area contributed by atoms with E-state index in [0.717, 1.165) is 23.4 Å². The van der Waals surface area contributed by atoms with Gasteiger partial charge in [-0.1, -0.05) is 25.5 Å². The molecule has 1 aromatic heterocycles. The zero-order chi connectivity index (χ0) is 17.4. The Morgan fingerprint density at radius 1 is 1.16 bits per heavy atom. The molecule has 1 aromatic carbocycles. The van der Waals surface area contributed by atoms with Crippen LogP contribution >= 0.6 is 23.7 Å². The fourth-order valence-corrected chi connectivity index (χ4v) is 2.69. The van der Waals surface area contributed by atoms with Crippen molar-refractivity contribution in [3.05, 3.63) is 51.5 Å². The molecule has 25 heavy (non-hydrogen) atoms. The Labute approximate surface area is 157 Å². The van der Waals surface area contributed by atoms with E-state index in [1.54, 1.807) is 17.5 Å². The summed E-state index contributed by atoms with van der Waals surface area (Å²) in [7, 11) is 0. The van der Waals surface area contributed by atoms with Crippen LogP contribution in [0.3, 0.4) is 0 Å². The van der Waals surface area contributed by atoms with Crippen LogP contribution in [-0.2, 0) is 13.1 Å². The highest BCUT2D eigenvalue weighted by Crippen LogP contribution is 2.09. The minimum Gasteiger partial charge on any atom is -0.352 e. The van der Waals surface area contributed by atoms with Gasteiger partial charge in [-0.15, -0.1) is 23.7 Å². The molecule has 0 spiro atoms. The molecule has 2 rings (SSSR count). The summed E-state index contributed by atoms with van der Waals surface area (Å²) in [4.78, 5) is 28.1. The first-order valence-electron chi connectivity index (χ1n) is 7.93. The predicted octanol–water partition coefficient (Wildman–Crippen LogP) is 2.48. The van der Waals surface area contributed by atoms with Gasteiger partial charge in [0.05, 0.1) is 0 Å². The van der Waals surface area contributed by atoms with E-state index >= 15 is 0 Å². The van der Waals surface area contributed by atoms with E-state index in [4.69, 9.17) is 5.73 Å².